The van der Waals surface area contributed by atoms with Gasteiger partial charge in [0.25, 0.3) is 0 Å². The molecule has 5 heteroatoms. The summed E-state index contributed by atoms with van der Waals surface area (Å²) in [4.78, 5) is 35.8. The lowest BCUT2D eigenvalue weighted by Crippen LogP contribution is -2.71. The summed E-state index contributed by atoms with van der Waals surface area (Å²) in [6.07, 6.45) is 10.8. The van der Waals surface area contributed by atoms with E-state index in [1.807, 2.05) is 0 Å². The lowest BCUT2D eigenvalue weighted by atomic mass is 9.89. The Balaban J connectivity index is 1.89. The first-order valence-corrected chi connectivity index (χ1v) is 16.9. The molecule has 204 valence electrons. The van der Waals surface area contributed by atoms with Gasteiger partial charge in [-0.05, 0) is 112 Å². The second kappa shape index (κ2) is 11.1. The number of hydrogen-bond acceptors (Lipinski definition) is 2. The van der Waals surface area contributed by atoms with Gasteiger partial charge in [0.1, 0.15) is 0 Å². The summed E-state index contributed by atoms with van der Waals surface area (Å²) in [6, 6.07) is 0. The highest BCUT2D eigenvalue weighted by atomic mass is 28.3. The monoisotopic (exact) mass is 522 g/mol. The second-order valence-corrected chi connectivity index (χ2v) is 15.6. The molecule has 37 heavy (non-hydrogen) atoms. The molecule has 0 aromatic carbocycles. The minimum Gasteiger partial charge on any atom is -0.358 e. The average molecular weight is 523 g/mol. The standard InChI is InChI=1S/C32H50N2O2Si/c1-19-20(2)24(6)29(23(19)5)37(30-25(7)21(3)22(4)26(30)8,33-31(35)27-15-11-9-12-16-27)34-32(36)28-17-13-10-14-18-28/h23,25,27-28H,9-18H2,1-8H3,(H,33,35)(H,34,36). The van der Waals surface area contributed by atoms with Crippen LogP contribution in [0.25, 0.3) is 0 Å². The van der Waals surface area contributed by atoms with Crippen LogP contribution in [0.3, 0.4) is 0 Å². The Kier molecular flexibility index (Phi) is 8.42. The molecule has 2 unspecified atom stereocenters. The number of amides is 2. The van der Waals surface area contributed by atoms with E-state index in [1.165, 1.54) is 56.7 Å². The van der Waals surface area contributed by atoms with Crippen molar-refractivity contribution < 1.29 is 9.59 Å². The Bertz CT molecular complexity index is 994. The molecule has 0 aromatic heterocycles. The van der Waals surface area contributed by atoms with Crippen molar-refractivity contribution in [3.63, 3.8) is 0 Å². The third kappa shape index (κ3) is 4.97. The molecule has 2 N–H and O–H groups in total. The molecule has 4 nitrogen and oxygen atoms in total. The summed E-state index contributed by atoms with van der Waals surface area (Å²) in [7, 11) is -3.17. The van der Waals surface area contributed by atoms with Crippen molar-refractivity contribution in [2.24, 2.45) is 23.7 Å². The molecule has 0 heterocycles. The molecule has 4 rings (SSSR count). The van der Waals surface area contributed by atoms with Crippen LogP contribution in [-0.2, 0) is 9.59 Å². The first-order valence-electron chi connectivity index (χ1n) is 14.9. The van der Waals surface area contributed by atoms with Gasteiger partial charge >= 0.3 is 8.40 Å². The fourth-order valence-electron chi connectivity index (χ4n) is 7.69. The molecule has 0 saturated heterocycles. The van der Waals surface area contributed by atoms with Crippen molar-refractivity contribution >= 4 is 20.2 Å². The van der Waals surface area contributed by atoms with Gasteiger partial charge in [0.2, 0.25) is 11.8 Å². The number of hydrogen-bond donors (Lipinski definition) is 2. The van der Waals surface area contributed by atoms with Crippen LogP contribution < -0.4 is 9.96 Å². The van der Waals surface area contributed by atoms with Gasteiger partial charge in [-0.15, -0.1) is 0 Å². The van der Waals surface area contributed by atoms with Gasteiger partial charge in [0.15, 0.2) is 0 Å². The topological polar surface area (TPSA) is 58.2 Å². The van der Waals surface area contributed by atoms with Crippen molar-refractivity contribution in [2.75, 3.05) is 0 Å². The van der Waals surface area contributed by atoms with Gasteiger partial charge in [-0.3, -0.25) is 9.59 Å². The van der Waals surface area contributed by atoms with Crippen molar-refractivity contribution in [1.29, 1.82) is 0 Å². The van der Waals surface area contributed by atoms with Gasteiger partial charge in [-0.25, -0.2) is 0 Å². The number of allylic oxidation sites excluding steroid dienone is 8. The van der Waals surface area contributed by atoms with E-state index in [1.54, 1.807) is 0 Å². The van der Waals surface area contributed by atoms with E-state index in [0.29, 0.717) is 0 Å². The second-order valence-electron chi connectivity index (χ2n) is 12.5. The van der Waals surface area contributed by atoms with Crippen molar-refractivity contribution in [3.8, 4) is 0 Å². The van der Waals surface area contributed by atoms with E-state index < -0.39 is 8.40 Å². The van der Waals surface area contributed by atoms with Crippen LogP contribution in [0.15, 0.2) is 43.8 Å². The predicted molar refractivity (Wildman–Crippen MR) is 156 cm³/mol. The fourth-order valence-corrected chi connectivity index (χ4v) is 13.0. The maximum Gasteiger partial charge on any atom is 0.324 e. The maximum absolute atomic E-state index is 14.1. The van der Waals surface area contributed by atoms with E-state index in [4.69, 9.17) is 0 Å². The van der Waals surface area contributed by atoms with Gasteiger partial charge in [0.05, 0.1) is 0 Å². The Morgan fingerprint density at radius 1 is 0.568 bits per heavy atom. The Morgan fingerprint density at radius 2 is 0.892 bits per heavy atom. The van der Waals surface area contributed by atoms with Gasteiger partial charge in [-0.1, -0.05) is 63.5 Å². The highest BCUT2D eigenvalue weighted by molar-refractivity contribution is 6.92. The maximum atomic E-state index is 14.1. The molecule has 4 aliphatic rings. The normalized spacial score (nSPS) is 26.5. The molecule has 2 amide bonds. The van der Waals surface area contributed by atoms with Gasteiger partial charge in [-0.2, -0.15) is 0 Å². The summed E-state index contributed by atoms with van der Waals surface area (Å²) >= 11 is 0. The first-order chi connectivity index (χ1) is 17.5. The minimum absolute atomic E-state index is 0.0488. The summed E-state index contributed by atoms with van der Waals surface area (Å²) < 4.78 is 0. The molecule has 2 atom stereocenters. The smallest absolute Gasteiger partial charge is 0.324 e. The Hall–Kier alpha value is -1.88. The Morgan fingerprint density at radius 3 is 1.16 bits per heavy atom. The van der Waals surface area contributed by atoms with Crippen molar-refractivity contribution in [1.82, 2.24) is 9.96 Å². The van der Waals surface area contributed by atoms with Crippen LogP contribution in [0, 0.1) is 23.7 Å². The third-order valence-corrected chi connectivity index (χ3v) is 15.1. The molecular formula is C32H50N2O2Si. The largest absolute Gasteiger partial charge is 0.358 e. The number of rotatable bonds is 6. The molecule has 0 aliphatic heterocycles. The lowest BCUT2D eigenvalue weighted by molar-refractivity contribution is -0.124. The quantitative estimate of drug-likeness (QED) is 0.355. The molecular weight excluding hydrogens is 472 g/mol. The van der Waals surface area contributed by atoms with E-state index in [9.17, 15) is 9.59 Å². The third-order valence-electron chi connectivity index (χ3n) is 10.7. The average Bonchev–Trinajstić information content (AvgIpc) is 3.22. The van der Waals surface area contributed by atoms with E-state index in [0.717, 1.165) is 51.4 Å². The zero-order chi connectivity index (χ0) is 27.1. The number of carbonyl (C=O) groups is 2. The van der Waals surface area contributed by atoms with E-state index >= 15 is 0 Å². The van der Waals surface area contributed by atoms with E-state index in [-0.39, 0.29) is 35.5 Å². The lowest BCUT2D eigenvalue weighted by Gasteiger charge is -2.42. The molecule has 0 bridgehead atoms. The highest BCUT2D eigenvalue weighted by Crippen LogP contribution is 2.48. The number of nitrogens with one attached hydrogen (secondary N) is 2. The van der Waals surface area contributed by atoms with Gasteiger partial charge < -0.3 is 9.96 Å². The zero-order valence-electron chi connectivity index (χ0n) is 24.7. The summed E-state index contributed by atoms with van der Waals surface area (Å²) in [5, 5.41) is 2.61. The van der Waals surface area contributed by atoms with Crippen LogP contribution in [0.2, 0.25) is 0 Å². The molecule has 2 saturated carbocycles. The SMILES string of the molecule is CC1=C(C)C(C)C([Si](NC(=O)C2CCCCC2)(NC(=O)C2CCCCC2)C2=C(C)C(C)=C(C)C2C)=C1C. The molecule has 0 aromatic rings. The van der Waals surface area contributed by atoms with Crippen LogP contribution in [0.5, 0.6) is 0 Å². The van der Waals surface area contributed by atoms with Crippen LogP contribution in [0.4, 0.5) is 0 Å². The zero-order valence-corrected chi connectivity index (χ0v) is 25.7. The Labute approximate surface area is 226 Å². The van der Waals surface area contributed by atoms with Crippen LogP contribution in [0.1, 0.15) is 120 Å². The predicted octanol–water partition coefficient (Wildman–Crippen LogP) is 7.51. The molecule has 2 fully saturated rings. The van der Waals surface area contributed by atoms with Crippen molar-refractivity contribution in [2.45, 2.75) is 120 Å². The minimum atomic E-state index is -3.17. The number of carbonyl (C=O) groups excluding carboxylic acids is 2. The summed E-state index contributed by atoms with van der Waals surface area (Å²) in [6.45, 7) is 17.9. The molecule has 0 radical (unpaired) electrons. The molecule has 0 spiro atoms. The van der Waals surface area contributed by atoms with Crippen molar-refractivity contribution in [3.05, 3.63) is 43.8 Å². The van der Waals surface area contributed by atoms with Crippen LogP contribution in [-0.4, -0.2) is 20.2 Å². The fraction of sp³-hybridized carbons (Fsp3) is 0.688. The molecule has 4 aliphatic carbocycles. The van der Waals surface area contributed by atoms with E-state index in [2.05, 4.69) is 65.4 Å². The highest BCUT2D eigenvalue weighted by Gasteiger charge is 2.54. The summed E-state index contributed by atoms with van der Waals surface area (Å²) in [5.74, 6) is 0.845. The van der Waals surface area contributed by atoms with Gasteiger partial charge in [0, 0.05) is 11.8 Å². The van der Waals surface area contributed by atoms with Crippen LogP contribution >= 0.6 is 0 Å². The first kappa shape index (κ1) is 28.1. The summed E-state index contributed by atoms with van der Waals surface area (Å²) in [5.41, 5.74) is 7.94.